The SMILES string of the molecule is O=C(O)N1CCCC(F)(c2nc3cc(Br)ccc3o2)C1. The molecule has 5 nitrogen and oxygen atoms in total. The number of nitrogens with zero attached hydrogens (tertiary/aromatic N) is 2. The fraction of sp³-hybridized carbons (Fsp3) is 0.385. The van der Waals surface area contributed by atoms with Crippen molar-refractivity contribution in [2.75, 3.05) is 13.1 Å². The van der Waals surface area contributed by atoms with E-state index in [1.807, 2.05) is 0 Å². The Labute approximate surface area is 122 Å². The number of hydrogen-bond acceptors (Lipinski definition) is 3. The molecule has 1 aromatic heterocycles. The predicted molar refractivity (Wildman–Crippen MR) is 73.3 cm³/mol. The summed E-state index contributed by atoms with van der Waals surface area (Å²) in [6, 6.07) is 5.23. The van der Waals surface area contributed by atoms with Gasteiger partial charge in [0.05, 0.1) is 6.54 Å². The quantitative estimate of drug-likeness (QED) is 0.860. The van der Waals surface area contributed by atoms with Gasteiger partial charge in [-0.05, 0) is 31.0 Å². The molecule has 1 aromatic carbocycles. The van der Waals surface area contributed by atoms with Crippen molar-refractivity contribution in [2.24, 2.45) is 0 Å². The Morgan fingerprint density at radius 2 is 2.35 bits per heavy atom. The van der Waals surface area contributed by atoms with Crippen LogP contribution in [0.4, 0.5) is 9.18 Å². The molecular weight excluding hydrogens is 331 g/mol. The van der Waals surface area contributed by atoms with Gasteiger partial charge in [0.2, 0.25) is 11.6 Å². The van der Waals surface area contributed by atoms with E-state index in [0.717, 1.165) is 9.37 Å². The number of piperidine rings is 1. The highest BCUT2D eigenvalue weighted by Crippen LogP contribution is 2.37. The summed E-state index contributed by atoms with van der Waals surface area (Å²) in [6.45, 7) is 0.100. The molecule has 2 aromatic rings. The van der Waals surface area contributed by atoms with Crippen LogP contribution in [0.5, 0.6) is 0 Å². The third-order valence-electron chi connectivity index (χ3n) is 3.45. The normalized spacial score (nSPS) is 23.2. The minimum Gasteiger partial charge on any atom is -0.465 e. The highest BCUT2D eigenvalue weighted by atomic mass is 79.9. The van der Waals surface area contributed by atoms with E-state index in [1.54, 1.807) is 18.2 Å². The van der Waals surface area contributed by atoms with Crippen molar-refractivity contribution in [1.82, 2.24) is 9.88 Å². The molecule has 0 bridgehead atoms. The Balaban J connectivity index is 1.98. The third-order valence-corrected chi connectivity index (χ3v) is 3.94. The van der Waals surface area contributed by atoms with E-state index in [-0.39, 0.29) is 18.9 Å². The first-order valence-electron chi connectivity index (χ1n) is 6.21. The molecule has 0 radical (unpaired) electrons. The Bertz CT molecular complexity index is 675. The number of oxazole rings is 1. The largest absolute Gasteiger partial charge is 0.465 e. The molecule has 1 unspecified atom stereocenters. The molecule has 1 amide bonds. The number of aromatic nitrogens is 1. The lowest BCUT2D eigenvalue weighted by Gasteiger charge is -2.33. The number of rotatable bonds is 1. The van der Waals surface area contributed by atoms with E-state index in [0.29, 0.717) is 24.1 Å². The van der Waals surface area contributed by atoms with Crippen LogP contribution in [-0.4, -0.2) is 34.2 Å². The number of carbonyl (C=O) groups is 1. The smallest absolute Gasteiger partial charge is 0.407 e. The summed E-state index contributed by atoms with van der Waals surface area (Å²) in [4.78, 5) is 16.2. The zero-order chi connectivity index (χ0) is 14.3. The van der Waals surface area contributed by atoms with Gasteiger partial charge in [-0.2, -0.15) is 0 Å². The molecule has 7 heteroatoms. The van der Waals surface area contributed by atoms with Gasteiger partial charge in [0, 0.05) is 11.0 Å². The average molecular weight is 343 g/mol. The van der Waals surface area contributed by atoms with Crippen LogP contribution in [0.15, 0.2) is 27.1 Å². The number of fused-ring (bicyclic) bond motifs is 1. The highest BCUT2D eigenvalue weighted by Gasteiger charge is 2.43. The van der Waals surface area contributed by atoms with Gasteiger partial charge in [-0.1, -0.05) is 15.9 Å². The second-order valence-corrected chi connectivity index (χ2v) is 5.82. The number of halogens is 2. The average Bonchev–Trinajstić information content (AvgIpc) is 2.82. The molecule has 1 atom stereocenters. The van der Waals surface area contributed by atoms with E-state index in [1.165, 1.54) is 0 Å². The first-order valence-corrected chi connectivity index (χ1v) is 7.01. The maximum Gasteiger partial charge on any atom is 0.407 e. The number of amides is 1. The zero-order valence-electron chi connectivity index (χ0n) is 10.5. The molecule has 0 aliphatic carbocycles. The van der Waals surface area contributed by atoms with Crippen LogP contribution in [0.1, 0.15) is 18.7 Å². The van der Waals surface area contributed by atoms with Crippen molar-refractivity contribution >= 4 is 33.1 Å². The van der Waals surface area contributed by atoms with Gasteiger partial charge >= 0.3 is 6.09 Å². The summed E-state index contributed by atoms with van der Waals surface area (Å²) < 4.78 is 21.3. The van der Waals surface area contributed by atoms with Gasteiger partial charge in [0.15, 0.2) is 5.58 Å². The predicted octanol–water partition coefficient (Wildman–Crippen LogP) is 3.53. The minimum atomic E-state index is -1.86. The van der Waals surface area contributed by atoms with Gasteiger partial charge in [-0.25, -0.2) is 14.2 Å². The summed E-state index contributed by atoms with van der Waals surface area (Å²) in [5.74, 6) is -0.0449. The molecule has 20 heavy (non-hydrogen) atoms. The first-order chi connectivity index (χ1) is 9.48. The molecule has 2 heterocycles. The maximum absolute atomic E-state index is 15.0. The molecule has 0 spiro atoms. The Morgan fingerprint density at radius 3 is 3.10 bits per heavy atom. The third kappa shape index (κ3) is 2.26. The number of hydrogen-bond donors (Lipinski definition) is 1. The Hall–Kier alpha value is -1.63. The molecule has 1 aliphatic heterocycles. The van der Waals surface area contributed by atoms with E-state index in [2.05, 4.69) is 20.9 Å². The van der Waals surface area contributed by atoms with Crippen molar-refractivity contribution in [3.63, 3.8) is 0 Å². The summed E-state index contributed by atoms with van der Waals surface area (Å²) in [7, 11) is 0. The second kappa shape index (κ2) is 4.73. The van der Waals surface area contributed by atoms with E-state index in [4.69, 9.17) is 9.52 Å². The lowest BCUT2D eigenvalue weighted by Crippen LogP contribution is -2.46. The standard InChI is InChI=1S/C13H12BrFN2O3/c14-8-2-3-10-9(6-8)16-11(20-10)13(15)4-1-5-17(7-13)12(18)19/h2-3,6H,1,4-5,7H2,(H,18,19). The van der Waals surface area contributed by atoms with Crippen LogP contribution in [0.3, 0.4) is 0 Å². The minimum absolute atomic E-state index is 0.0449. The number of benzene rings is 1. The van der Waals surface area contributed by atoms with Crippen molar-refractivity contribution in [1.29, 1.82) is 0 Å². The van der Waals surface area contributed by atoms with Gasteiger partial charge in [0.1, 0.15) is 5.52 Å². The van der Waals surface area contributed by atoms with Crippen LogP contribution < -0.4 is 0 Å². The van der Waals surface area contributed by atoms with Gasteiger partial charge in [-0.15, -0.1) is 0 Å². The highest BCUT2D eigenvalue weighted by molar-refractivity contribution is 9.10. The number of alkyl halides is 1. The molecule has 106 valence electrons. The van der Waals surface area contributed by atoms with Crippen LogP contribution in [0.2, 0.25) is 0 Å². The van der Waals surface area contributed by atoms with E-state index >= 15 is 0 Å². The molecule has 1 aliphatic rings. The van der Waals surface area contributed by atoms with Crippen LogP contribution >= 0.6 is 15.9 Å². The van der Waals surface area contributed by atoms with Crippen LogP contribution in [-0.2, 0) is 5.67 Å². The van der Waals surface area contributed by atoms with E-state index in [9.17, 15) is 9.18 Å². The van der Waals surface area contributed by atoms with Crippen LogP contribution in [0, 0.1) is 0 Å². The maximum atomic E-state index is 15.0. The second-order valence-electron chi connectivity index (χ2n) is 4.90. The molecular formula is C13H12BrFN2O3. The molecule has 1 fully saturated rings. The van der Waals surface area contributed by atoms with Gasteiger partial charge in [-0.3, -0.25) is 0 Å². The number of likely N-dealkylation sites (tertiary alicyclic amines) is 1. The lowest BCUT2D eigenvalue weighted by atomic mass is 9.95. The molecule has 3 rings (SSSR count). The van der Waals surface area contributed by atoms with Crippen molar-refractivity contribution < 1.29 is 18.7 Å². The lowest BCUT2D eigenvalue weighted by molar-refractivity contribution is 0.0248. The fourth-order valence-electron chi connectivity index (χ4n) is 2.44. The molecule has 0 saturated carbocycles. The van der Waals surface area contributed by atoms with Crippen molar-refractivity contribution in [2.45, 2.75) is 18.5 Å². The zero-order valence-corrected chi connectivity index (χ0v) is 12.1. The Kier molecular flexibility index (Phi) is 3.16. The van der Waals surface area contributed by atoms with Gasteiger partial charge < -0.3 is 14.4 Å². The topological polar surface area (TPSA) is 66.6 Å². The van der Waals surface area contributed by atoms with Crippen molar-refractivity contribution in [3.8, 4) is 0 Å². The van der Waals surface area contributed by atoms with Crippen molar-refractivity contribution in [3.05, 3.63) is 28.6 Å². The van der Waals surface area contributed by atoms with Gasteiger partial charge in [0.25, 0.3) is 0 Å². The van der Waals surface area contributed by atoms with E-state index < -0.39 is 11.8 Å². The van der Waals surface area contributed by atoms with Crippen LogP contribution in [0.25, 0.3) is 11.1 Å². The summed E-state index contributed by atoms with van der Waals surface area (Å²) >= 11 is 3.32. The molecule has 1 N–H and O–H groups in total. The monoisotopic (exact) mass is 342 g/mol. The number of carboxylic acid groups (broad SMARTS) is 1. The first kappa shape index (κ1) is 13.4. The Morgan fingerprint density at radius 1 is 1.55 bits per heavy atom. The fourth-order valence-corrected chi connectivity index (χ4v) is 2.79. The summed E-state index contributed by atoms with van der Waals surface area (Å²) in [6.07, 6.45) is -0.457. The summed E-state index contributed by atoms with van der Waals surface area (Å²) in [5.41, 5.74) is -0.811. The molecule has 1 saturated heterocycles. The summed E-state index contributed by atoms with van der Waals surface area (Å²) in [5, 5.41) is 9.00.